The molecule has 1 N–H and O–H groups in total. The molecule has 6 heteroatoms. The van der Waals surface area contributed by atoms with Crippen LogP contribution in [0.2, 0.25) is 0 Å². The summed E-state index contributed by atoms with van der Waals surface area (Å²) in [5, 5.41) is 9.06. The van der Waals surface area contributed by atoms with Gasteiger partial charge in [-0.3, -0.25) is 9.69 Å². The average Bonchev–Trinajstić information content (AvgIpc) is 2.71. The number of carbonyl (C=O) groups is 1. The minimum Gasteiger partial charge on any atom is -0.496 e. The highest BCUT2D eigenvalue weighted by Crippen LogP contribution is 2.33. The molecular formula is C24H29NO5. The van der Waals surface area contributed by atoms with Gasteiger partial charge in [0.1, 0.15) is 30.5 Å². The quantitative estimate of drug-likeness (QED) is 0.717. The van der Waals surface area contributed by atoms with Crippen LogP contribution in [0, 0.1) is 5.92 Å². The van der Waals surface area contributed by atoms with Crippen molar-refractivity contribution < 1.29 is 24.1 Å². The smallest absolute Gasteiger partial charge is 0.309 e. The molecule has 2 aromatic carbocycles. The number of nitrogens with zero attached hydrogens (tertiary/aromatic N) is 1. The molecule has 0 spiro atoms. The number of aryl methyl sites for hydroxylation is 1. The summed E-state index contributed by atoms with van der Waals surface area (Å²) in [6.07, 6.45) is 3.01. The summed E-state index contributed by atoms with van der Waals surface area (Å²) in [6.45, 7) is 4.40. The van der Waals surface area contributed by atoms with Crippen LogP contribution in [0.3, 0.4) is 0 Å². The van der Waals surface area contributed by atoms with Gasteiger partial charge in [0.15, 0.2) is 0 Å². The van der Waals surface area contributed by atoms with Crippen molar-refractivity contribution in [1.29, 1.82) is 0 Å². The molecule has 1 fully saturated rings. The fraction of sp³-hybridized carbons (Fsp3) is 0.458. The lowest BCUT2D eigenvalue weighted by atomic mass is 9.93. The van der Waals surface area contributed by atoms with Crippen LogP contribution in [0.15, 0.2) is 36.4 Å². The second-order valence-corrected chi connectivity index (χ2v) is 8.11. The van der Waals surface area contributed by atoms with Gasteiger partial charge < -0.3 is 19.3 Å². The molecule has 160 valence electrons. The molecule has 2 aromatic rings. The molecule has 4 rings (SSSR count). The fourth-order valence-electron chi connectivity index (χ4n) is 4.14. The highest BCUT2D eigenvalue weighted by atomic mass is 16.5. The molecule has 0 aliphatic carbocycles. The molecule has 6 nitrogen and oxygen atoms in total. The van der Waals surface area contributed by atoms with Gasteiger partial charge in [0.05, 0.1) is 13.0 Å². The van der Waals surface area contributed by atoms with Crippen molar-refractivity contribution in [2.24, 2.45) is 5.92 Å². The number of aliphatic carboxylic acids is 1. The molecule has 30 heavy (non-hydrogen) atoms. The number of hydrogen-bond donors (Lipinski definition) is 1. The second-order valence-electron chi connectivity index (χ2n) is 8.11. The number of carboxylic acids is 1. The third kappa shape index (κ3) is 4.38. The summed E-state index contributed by atoms with van der Waals surface area (Å²) in [4.78, 5) is 13.2. The number of fused-ring (bicyclic) bond motifs is 1. The summed E-state index contributed by atoms with van der Waals surface area (Å²) in [5.74, 6) is 1.52. The number of likely N-dealkylation sites (tertiary alicyclic amines) is 1. The molecule has 1 saturated heterocycles. The van der Waals surface area contributed by atoms with Crippen molar-refractivity contribution in [3.63, 3.8) is 0 Å². The number of ether oxygens (including phenoxy) is 3. The van der Waals surface area contributed by atoms with Gasteiger partial charge in [0, 0.05) is 30.8 Å². The molecule has 0 radical (unpaired) electrons. The van der Waals surface area contributed by atoms with Gasteiger partial charge in [-0.25, -0.2) is 0 Å². The predicted molar refractivity (Wildman–Crippen MR) is 113 cm³/mol. The van der Waals surface area contributed by atoms with Gasteiger partial charge in [-0.1, -0.05) is 31.5 Å². The van der Waals surface area contributed by atoms with E-state index >= 15 is 0 Å². The first-order chi connectivity index (χ1) is 14.6. The van der Waals surface area contributed by atoms with E-state index < -0.39 is 5.97 Å². The van der Waals surface area contributed by atoms with Gasteiger partial charge in [-0.2, -0.15) is 0 Å². The molecule has 2 aliphatic heterocycles. The molecule has 2 aliphatic rings. The fourth-order valence-corrected chi connectivity index (χ4v) is 4.14. The van der Waals surface area contributed by atoms with Crippen LogP contribution >= 0.6 is 0 Å². The Morgan fingerprint density at radius 2 is 2.07 bits per heavy atom. The van der Waals surface area contributed by atoms with Gasteiger partial charge in [-0.05, 0) is 36.1 Å². The van der Waals surface area contributed by atoms with Crippen molar-refractivity contribution in [1.82, 2.24) is 4.90 Å². The summed E-state index contributed by atoms with van der Waals surface area (Å²) >= 11 is 0. The van der Waals surface area contributed by atoms with E-state index in [4.69, 9.17) is 19.3 Å². The van der Waals surface area contributed by atoms with Crippen LogP contribution in [0.4, 0.5) is 0 Å². The summed E-state index contributed by atoms with van der Waals surface area (Å²) in [6, 6.07) is 12.5. The normalized spacial score (nSPS) is 18.8. The van der Waals surface area contributed by atoms with Crippen LogP contribution in [-0.4, -0.2) is 48.8 Å². The number of carboxylic acid groups (broad SMARTS) is 1. The van der Waals surface area contributed by atoms with E-state index in [0.717, 1.165) is 47.6 Å². The molecule has 1 unspecified atom stereocenters. The Morgan fingerprint density at radius 1 is 1.23 bits per heavy atom. The van der Waals surface area contributed by atoms with Crippen LogP contribution < -0.4 is 14.2 Å². The van der Waals surface area contributed by atoms with E-state index in [9.17, 15) is 4.79 Å². The van der Waals surface area contributed by atoms with Crippen molar-refractivity contribution in [2.45, 2.75) is 38.8 Å². The van der Waals surface area contributed by atoms with Crippen LogP contribution in [0.1, 0.15) is 30.0 Å². The van der Waals surface area contributed by atoms with Gasteiger partial charge >= 0.3 is 5.97 Å². The maximum atomic E-state index is 11.0. The minimum atomic E-state index is -0.707. The van der Waals surface area contributed by atoms with E-state index in [1.54, 1.807) is 7.11 Å². The predicted octanol–water partition coefficient (Wildman–Crippen LogP) is 3.55. The monoisotopic (exact) mass is 411 g/mol. The number of benzene rings is 2. The van der Waals surface area contributed by atoms with Crippen molar-refractivity contribution >= 4 is 5.97 Å². The molecule has 0 amide bonds. The van der Waals surface area contributed by atoms with Crippen LogP contribution in [0.5, 0.6) is 17.2 Å². The standard InChI is InChI=1S/C24H29NO5/c1-3-4-16-5-6-18(22(9-16)28-2)14-29-21-8-7-17-10-20(15-30-23(17)11-21)25-12-19(13-25)24(26)27/h5-9,11,19-20H,3-4,10,12-15H2,1-2H3,(H,26,27). The van der Waals surface area contributed by atoms with E-state index in [1.807, 2.05) is 18.2 Å². The lowest BCUT2D eigenvalue weighted by Crippen LogP contribution is -2.57. The van der Waals surface area contributed by atoms with Gasteiger partial charge in [0.2, 0.25) is 0 Å². The molecular weight excluding hydrogens is 382 g/mol. The average molecular weight is 411 g/mol. The Balaban J connectivity index is 1.36. The Kier molecular flexibility index (Phi) is 6.13. The summed E-state index contributed by atoms with van der Waals surface area (Å²) < 4.78 is 17.5. The number of methoxy groups -OCH3 is 1. The first-order valence-electron chi connectivity index (χ1n) is 10.6. The Hall–Kier alpha value is -2.73. The van der Waals surface area contributed by atoms with Crippen LogP contribution in [-0.2, 0) is 24.2 Å². The SMILES string of the molecule is CCCc1ccc(COc2ccc3c(c2)OCC(N2CC(C(=O)O)C2)C3)c(OC)c1. The van der Waals surface area contributed by atoms with Crippen molar-refractivity contribution in [2.75, 3.05) is 26.8 Å². The van der Waals surface area contributed by atoms with E-state index in [-0.39, 0.29) is 12.0 Å². The molecule has 1 atom stereocenters. The third-order valence-electron chi connectivity index (χ3n) is 5.99. The molecule has 0 aromatic heterocycles. The minimum absolute atomic E-state index is 0.241. The van der Waals surface area contributed by atoms with E-state index in [0.29, 0.717) is 26.3 Å². The third-order valence-corrected chi connectivity index (χ3v) is 5.99. The van der Waals surface area contributed by atoms with Gasteiger partial charge in [-0.15, -0.1) is 0 Å². The van der Waals surface area contributed by atoms with Gasteiger partial charge in [0.25, 0.3) is 0 Å². The second kappa shape index (κ2) is 8.96. The maximum Gasteiger partial charge on any atom is 0.309 e. The lowest BCUT2D eigenvalue weighted by molar-refractivity contribution is -0.149. The number of hydrogen-bond acceptors (Lipinski definition) is 5. The Bertz CT molecular complexity index is 906. The highest BCUT2D eigenvalue weighted by molar-refractivity contribution is 5.71. The zero-order valence-electron chi connectivity index (χ0n) is 17.6. The first kappa shape index (κ1) is 20.5. The van der Waals surface area contributed by atoms with E-state index in [2.05, 4.69) is 30.0 Å². The highest BCUT2D eigenvalue weighted by Gasteiger charge is 2.38. The largest absolute Gasteiger partial charge is 0.496 e. The molecule has 0 saturated carbocycles. The lowest BCUT2D eigenvalue weighted by Gasteiger charge is -2.43. The zero-order chi connectivity index (χ0) is 21.1. The summed E-state index contributed by atoms with van der Waals surface area (Å²) in [5.41, 5.74) is 3.42. The summed E-state index contributed by atoms with van der Waals surface area (Å²) in [7, 11) is 1.69. The Morgan fingerprint density at radius 3 is 2.80 bits per heavy atom. The topological polar surface area (TPSA) is 68.2 Å². The number of rotatable bonds is 8. The van der Waals surface area contributed by atoms with Crippen LogP contribution in [0.25, 0.3) is 0 Å². The Labute approximate surface area is 177 Å². The first-order valence-corrected chi connectivity index (χ1v) is 10.6. The maximum absolute atomic E-state index is 11.0. The van der Waals surface area contributed by atoms with E-state index in [1.165, 1.54) is 5.56 Å². The van der Waals surface area contributed by atoms with Crippen molar-refractivity contribution in [3.8, 4) is 17.2 Å². The molecule has 2 heterocycles. The van der Waals surface area contributed by atoms with Crippen molar-refractivity contribution in [3.05, 3.63) is 53.1 Å². The molecule has 0 bridgehead atoms. The zero-order valence-corrected chi connectivity index (χ0v) is 17.6.